The van der Waals surface area contributed by atoms with E-state index in [-0.39, 0.29) is 11.6 Å². The summed E-state index contributed by atoms with van der Waals surface area (Å²) in [6.07, 6.45) is 3.10. The summed E-state index contributed by atoms with van der Waals surface area (Å²) in [4.78, 5) is 21.4. The molecule has 0 bridgehead atoms. The zero-order chi connectivity index (χ0) is 13.8. The van der Waals surface area contributed by atoms with E-state index in [4.69, 9.17) is 0 Å². The molecule has 0 fully saturated rings. The molecule has 0 aliphatic carbocycles. The van der Waals surface area contributed by atoms with Crippen molar-refractivity contribution in [1.29, 1.82) is 0 Å². The van der Waals surface area contributed by atoms with Gasteiger partial charge in [-0.25, -0.2) is 0 Å². The van der Waals surface area contributed by atoms with Gasteiger partial charge in [-0.1, -0.05) is 0 Å². The number of nitrogens with zero attached hydrogens (tertiary/aromatic N) is 2. The number of amides is 1. The van der Waals surface area contributed by atoms with E-state index < -0.39 is 4.92 Å². The molecule has 1 aromatic heterocycles. The SMILES string of the molecule is CNC(=O)CCCn1ccc2cc([N+](=O)[O-])ccc21. The normalized spacial score (nSPS) is 10.6. The van der Waals surface area contributed by atoms with Gasteiger partial charge in [-0.3, -0.25) is 14.9 Å². The molecule has 1 aromatic carbocycles. The smallest absolute Gasteiger partial charge is 0.270 e. The van der Waals surface area contributed by atoms with E-state index in [1.54, 1.807) is 19.2 Å². The highest BCUT2D eigenvalue weighted by Gasteiger charge is 2.08. The molecule has 1 heterocycles. The predicted octanol–water partition coefficient (Wildman–Crippen LogP) is 2.08. The van der Waals surface area contributed by atoms with Gasteiger partial charge in [0.2, 0.25) is 5.91 Å². The van der Waals surface area contributed by atoms with Crippen molar-refractivity contribution in [1.82, 2.24) is 9.88 Å². The second-order valence-electron chi connectivity index (χ2n) is 4.29. The van der Waals surface area contributed by atoms with Crippen molar-refractivity contribution in [3.63, 3.8) is 0 Å². The van der Waals surface area contributed by atoms with E-state index >= 15 is 0 Å². The number of hydrogen-bond acceptors (Lipinski definition) is 3. The van der Waals surface area contributed by atoms with Crippen LogP contribution in [0.5, 0.6) is 0 Å². The highest BCUT2D eigenvalue weighted by molar-refractivity contribution is 5.82. The van der Waals surface area contributed by atoms with Crippen LogP contribution in [0.2, 0.25) is 0 Å². The summed E-state index contributed by atoms with van der Waals surface area (Å²) in [6.45, 7) is 0.717. The molecule has 0 aliphatic rings. The molecule has 0 spiro atoms. The van der Waals surface area contributed by atoms with Crippen molar-refractivity contribution in [3.8, 4) is 0 Å². The van der Waals surface area contributed by atoms with E-state index in [9.17, 15) is 14.9 Å². The van der Waals surface area contributed by atoms with Crippen LogP contribution >= 0.6 is 0 Å². The summed E-state index contributed by atoms with van der Waals surface area (Å²) in [5.41, 5.74) is 1.04. The van der Waals surface area contributed by atoms with Gasteiger partial charge < -0.3 is 9.88 Å². The zero-order valence-electron chi connectivity index (χ0n) is 10.6. The molecule has 0 atom stereocenters. The first-order valence-corrected chi connectivity index (χ1v) is 6.05. The summed E-state index contributed by atoms with van der Waals surface area (Å²) in [5, 5.41) is 14.1. The summed E-state index contributed by atoms with van der Waals surface area (Å²) in [5.74, 6) is 0.0205. The molecule has 19 heavy (non-hydrogen) atoms. The van der Waals surface area contributed by atoms with Crippen LogP contribution in [-0.4, -0.2) is 22.4 Å². The lowest BCUT2D eigenvalue weighted by Crippen LogP contribution is -2.17. The molecule has 2 rings (SSSR count). The first-order chi connectivity index (χ1) is 9.11. The highest BCUT2D eigenvalue weighted by atomic mass is 16.6. The van der Waals surface area contributed by atoms with Crippen LogP contribution < -0.4 is 5.32 Å². The van der Waals surface area contributed by atoms with Gasteiger partial charge in [0.05, 0.1) is 4.92 Å². The fourth-order valence-electron chi connectivity index (χ4n) is 2.03. The predicted molar refractivity (Wildman–Crippen MR) is 71.9 cm³/mol. The maximum absolute atomic E-state index is 11.1. The van der Waals surface area contributed by atoms with Gasteiger partial charge in [-0.2, -0.15) is 0 Å². The number of aryl methyl sites for hydroxylation is 1. The van der Waals surface area contributed by atoms with Crippen LogP contribution in [0.1, 0.15) is 12.8 Å². The Morgan fingerprint density at radius 3 is 2.89 bits per heavy atom. The van der Waals surface area contributed by atoms with Crippen molar-refractivity contribution < 1.29 is 9.72 Å². The number of aromatic nitrogens is 1. The molecule has 2 aromatic rings. The monoisotopic (exact) mass is 261 g/mol. The van der Waals surface area contributed by atoms with Gasteiger partial charge in [0.1, 0.15) is 0 Å². The Hall–Kier alpha value is -2.37. The summed E-state index contributed by atoms with van der Waals surface area (Å²) < 4.78 is 2.00. The van der Waals surface area contributed by atoms with Crippen molar-refractivity contribution in [2.24, 2.45) is 0 Å². The Kier molecular flexibility index (Phi) is 3.79. The molecule has 6 heteroatoms. The molecule has 6 nitrogen and oxygen atoms in total. The Morgan fingerprint density at radius 1 is 1.42 bits per heavy atom. The number of carbonyl (C=O) groups is 1. The lowest BCUT2D eigenvalue weighted by atomic mass is 10.2. The van der Waals surface area contributed by atoms with Crippen molar-refractivity contribution >= 4 is 22.5 Å². The van der Waals surface area contributed by atoms with Crippen molar-refractivity contribution in [3.05, 3.63) is 40.6 Å². The first kappa shape index (κ1) is 13.1. The van der Waals surface area contributed by atoms with Gasteiger partial charge >= 0.3 is 0 Å². The molecule has 0 aliphatic heterocycles. The summed E-state index contributed by atoms with van der Waals surface area (Å²) in [7, 11) is 1.62. The fourth-order valence-corrected chi connectivity index (χ4v) is 2.03. The number of fused-ring (bicyclic) bond motifs is 1. The summed E-state index contributed by atoms with van der Waals surface area (Å²) in [6, 6.07) is 6.65. The maximum Gasteiger partial charge on any atom is 0.270 e. The minimum atomic E-state index is -0.400. The van der Waals surface area contributed by atoms with Gasteiger partial charge in [-0.05, 0) is 18.6 Å². The second-order valence-corrected chi connectivity index (χ2v) is 4.29. The van der Waals surface area contributed by atoms with Gasteiger partial charge in [0, 0.05) is 49.2 Å². The lowest BCUT2D eigenvalue weighted by Gasteiger charge is -2.05. The van der Waals surface area contributed by atoms with E-state index in [0.717, 1.165) is 17.3 Å². The van der Waals surface area contributed by atoms with Gasteiger partial charge in [-0.15, -0.1) is 0 Å². The zero-order valence-corrected chi connectivity index (χ0v) is 10.6. The number of hydrogen-bond donors (Lipinski definition) is 1. The average molecular weight is 261 g/mol. The molecule has 1 amide bonds. The molecule has 0 saturated carbocycles. The third-order valence-corrected chi connectivity index (χ3v) is 3.05. The third-order valence-electron chi connectivity index (χ3n) is 3.05. The molecule has 0 unspecified atom stereocenters. The third kappa shape index (κ3) is 2.90. The van der Waals surface area contributed by atoms with Crippen LogP contribution in [0.3, 0.4) is 0 Å². The number of nitrogens with one attached hydrogen (secondary N) is 1. The Bertz CT molecular complexity index is 619. The van der Waals surface area contributed by atoms with Crippen LogP contribution in [-0.2, 0) is 11.3 Å². The number of non-ortho nitro benzene ring substituents is 1. The number of rotatable bonds is 5. The largest absolute Gasteiger partial charge is 0.359 e. The number of nitro benzene ring substituents is 1. The van der Waals surface area contributed by atoms with Crippen LogP contribution in [0.15, 0.2) is 30.5 Å². The Morgan fingerprint density at radius 2 is 2.21 bits per heavy atom. The topological polar surface area (TPSA) is 77.2 Å². The molecule has 0 radical (unpaired) electrons. The van der Waals surface area contributed by atoms with Gasteiger partial charge in [0.25, 0.3) is 5.69 Å². The number of nitro groups is 1. The lowest BCUT2D eigenvalue weighted by molar-refractivity contribution is -0.384. The molecule has 0 saturated heterocycles. The maximum atomic E-state index is 11.1. The second kappa shape index (κ2) is 5.51. The highest BCUT2D eigenvalue weighted by Crippen LogP contribution is 2.22. The van der Waals surface area contributed by atoms with E-state index in [1.165, 1.54) is 6.07 Å². The standard InChI is InChI=1S/C13H15N3O3/c1-14-13(17)3-2-7-15-8-6-10-9-11(16(18)19)4-5-12(10)15/h4-6,8-9H,2-3,7H2,1H3,(H,14,17). The minimum absolute atomic E-state index is 0.0205. The van der Waals surface area contributed by atoms with Crippen molar-refractivity contribution in [2.45, 2.75) is 19.4 Å². The van der Waals surface area contributed by atoms with Crippen molar-refractivity contribution in [2.75, 3.05) is 7.05 Å². The van der Waals surface area contributed by atoms with Gasteiger partial charge in [0.15, 0.2) is 0 Å². The Labute approximate surface area is 110 Å². The number of carbonyl (C=O) groups excluding carboxylic acids is 1. The van der Waals surface area contributed by atoms with Crippen LogP contribution in [0, 0.1) is 10.1 Å². The molecular weight excluding hydrogens is 246 g/mol. The quantitative estimate of drug-likeness (QED) is 0.661. The van der Waals surface area contributed by atoms with E-state index in [1.807, 2.05) is 16.8 Å². The molecule has 1 N–H and O–H groups in total. The van der Waals surface area contributed by atoms with E-state index in [0.29, 0.717) is 13.0 Å². The first-order valence-electron chi connectivity index (χ1n) is 6.05. The van der Waals surface area contributed by atoms with E-state index in [2.05, 4.69) is 5.32 Å². The fraction of sp³-hybridized carbons (Fsp3) is 0.308. The Balaban J connectivity index is 2.12. The van der Waals surface area contributed by atoms with Crippen LogP contribution in [0.25, 0.3) is 10.9 Å². The number of benzene rings is 1. The summed E-state index contributed by atoms with van der Waals surface area (Å²) >= 11 is 0. The minimum Gasteiger partial charge on any atom is -0.359 e. The average Bonchev–Trinajstić information content (AvgIpc) is 2.81. The molecular formula is C13H15N3O3. The molecule has 100 valence electrons. The van der Waals surface area contributed by atoms with Crippen LogP contribution in [0.4, 0.5) is 5.69 Å².